The smallest absolute Gasteiger partial charge is 0.264 e. The molecule has 5 rings (SSSR count). The molecule has 0 atom stereocenters. The van der Waals surface area contributed by atoms with E-state index in [0.717, 1.165) is 67.7 Å². The SMILES string of the molecule is CN1c2ccc(N3CCCN(CCc4ccccc4)CC3)c3cccc(c23)S1(=O)=O. The molecule has 5 nitrogen and oxygen atoms in total. The molecule has 3 aromatic carbocycles. The minimum atomic E-state index is -3.43. The van der Waals surface area contributed by atoms with Gasteiger partial charge in [0, 0.05) is 49.7 Å². The highest BCUT2D eigenvalue weighted by atomic mass is 32.2. The lowest BCUT2D eigenvalue weighted by atomic mass is 10.1. The van der Waals surface area contributed by atoms with Gasteiger partial charge in [-0.15, -0.1) is 0 Å². The molecule has 1 saturated heterocycles. The van der Waals surface area contributed by atoms with E-state index in [4.69, 9.17) is 0 Å². The Balaban J connectivity index is 1.38. The molecule has 0 aromatic heterocycles. The maximum atomic E-state index is 12.7. The van der Waals surface area contributed by atoms with Gasteiger partial charge in [-0.3, -0.25) is 4.31 Å². The molecule has 0 bridgehead atoms. The van der Waals surface area contributed by atoms with Crippen LogP contribution in [0.4, 0.5) is 11.4 Å². The third kappa shape index (κ3) is 3.24. The molecule has 0 saturated carbocycles. The molecular weight excluding hydrogens is 394 g/mol. The van der Waals surface area contributed by atoms with E-state index in [1.54, 1.807) is 13.1 Å². The van der Waals surface area contributed by atoms with Crippen LogP contribution in [0.15, 0.2) is 65.6 Å². The Bertz CT molecular complexity index is 1180. The number of hydrogen-bond donors (Lipinski definition) is 0. The lowest BCUT2D eigenvalue weighted by Crippen LogP contribution is -2.32. The number of sulfonamides is 1. The van der Waals surface area contributed by atoms with Crippen LogP contribution in [0.3, 0.4) is 0 Å². The topological polar surface area (TPSA) is 43.9 Å². The van der Waals surface area contributed by atoms with E-state index in [9.17, 15) is 8.42 Å². The molecule has 0 amide bonds. The largest absolute Gasteiger partial charge is 0.370 e. The molecule has 3 aromatic rings. The summed E-state index contributed by atoms with van der Waals surface area (Å²) in [5, 5.41) is 1.90. The molecule has 6 heteroatoms. The zero-order valence-electron chi connectivity index (χ0n) is 17.3. The van der Waals surface area contributed by atoms with Crippen LogP contribution in [0, 0.1) is 0 Å². The Hall–Kier alpha value is -2.57. The van der Waals surface area contributed by atoms with Crippen molar-refractivity contribution in [2.45, 2.75) is 17.7 Å². The number of hydrogen-bond acceptors (Lipinski definition) is 4. The highest BCUT2D eigenvalue weighted by Crippen LogP contribution is 2.44. The summed E-state index contributed by atoms with van der Waals surface area (Å²) in [6, 6.07) is 20.4. The minimum absolute atomic E-state index is 0.429. The van der Waals surface area contributed by atoms with Gasteiger partial charge in [-0.1, -0.05) is 42.5 Å². The van der Waals surface area contributed by atoms with Crippen LogP contribution in [0.5, 0.6) is 0 Å². The average molecular weight is 422 g/mol. The fraction of sp³-hybridized carbons (Fsp3) is 0.333. The van der Waals surface area contributed by atoms with E-state index in [0.29, 0.717) is 4.90 Å². The number of rotatable bonds is 4. The molecule has 0 N–H and O–H groups in total. The Morgan fingerprint density at radius 1 is 0.833 bits per heavy atom. The second-order valence-corrected chi connectivity index (χ2v) is 10.1. The van der Waals surface area contributed by atoms with Crippen molar-refractivity contribution in [3.8, 4) is 0 Å². The first kappa shape index (κ1) is 19.4. The van der Waals surface area contributed by atoms with Gasteiger partial charge in [0.25, 0.3) is 10.0 Å². The molecular formula is C24H27N3O2S. The molecule has 1 fully saturated rings. The summed E-state index contributed by atoms with van der Waals surface area (Å²) in [5.41, 5.74) is 3.31. The van der Waals surface area contributed by atoms with Crippen LogP contribution >= 0.6 is 0 Å². The highest BCUT2D eigenvalue weighted by Gasteiger charge is 2.34. The molecule has 2 aliphatic rings. The predicted octanol–water partition coefficient (Wildman–Crippen LogP) is 3.73. The summed E-state index contributed by atoms with van der Waals surface area (Å²) < 4.78 is 26.9. The van der Waals surface area contributed by atoms with Crippen LogP contribution in [-0.4, -0.2) is 53.1 Å². The third-order valence-electron chi connectivity index (χ3n) is 6.42. The number of benzene rings is 3. The van der Waals surface area contributed by atoms with Crippen LogP contribution in [-0.2, 0) is 16.4 Å². The van der Waals surface area contributed by atoms with Gasteiger partial charge in [-0.2, -0.15) is 0 Å². The van der Waals surface area contributed by atoms with Crippen LogP contribution in [0.25, 0.3) is 10.8 Å². The Labute approximate surface area is 178 Å². The van der Waals surface area contributed by atoms with Crippen molar-refractivity contribution in [3.05, 3.63) is 66.2 Å². The van der Waals surface area contributed by atoms with Gasteiger partial charge in [0.15, 0.2) is 0 Å². The summed E-state index contributed by atoms with van der Waals surface area (Å²) in [5.74, 6) is 0. The van der Waals surface area contributed by atoms with E-state index in [1.165, 1.54) is 9.87 Å². The first-order chi connectivity index (χ1) is 14.6. The zero-order chi connectivity index (χ0) is 20.7. The zero-order valence-corrected chi connectivity index (χ0v) is 18.1. The Kier molecular flexibility index (Phi) is 4.91. The predicted molar refractivity (Wildman–Crippen MR) is 123 cm³/mol. The van der Waals surface area contributed by atoms with E-state index in [1.807, 2.05) is 12.1 Å². The molecule has 30 heavy (non-hydrogen) atoms. The lowest BCUT2D eigenvalue weighted by Gasteiger charge is -2.25. The second kappa shape index (κ2) is 7.60. The standard InChI is InChI=1S/C24H27N3O2S/c1-25-22-12-11-21(20-9-5-10-23(24(20)22)30(25,28)29)27-15-6-14-26(17-18-27)16-13-19-7-3-2-4-8-19/h2-5,7-12H,6,13-18H2,1H3. The van der Waals surface area contributed by atoms with Crippen LogP contribution in [0.1, 0.15) is 12.0 Å². The molecule has 0 unspecified atom stereocenters. The Morgan fingerprint density at radius 3 is 2.47 bits per heavy atom. The van der Waals surface area contributed by atoms with Crippen molar-refractivity contribution >= 4 is 32.2 Å². The maximum absolute atomic E-state index is 12.7. The van der Waals surface area contributed by atoms with Crippen molar-refractivity contribution in [1.29, 1.82) is 0 Å². The van der Waals surface area contributed by atoms with Gasteiger partial charge in [0.1, 0.15) is 0 Å². The summed E-state index contributed by atoms with van der Waals surface area (Å²) in [6.45, 7) is 5.14. The maximum Gasteiger partial charge on any atom is 0.264 e. The van der Waals surface area contributed by atoms with Crippen molar-refractivity contribution in [1.82, 2.24) is 4.90 Å². The average Bonchev–Trinajstić information content (AvgIpc) is 2.93. The summed E-state index contributed by atoms with van der Waals surface area (Å²) in [6.07, 6.45) is 2.18. The van der Waals surface area contributed by atoms with Crippen molar-refractivity contribution in [3.63, 3.8) is 0 Å². The van der Waals surface area contributed by atoms with Crippen molar-refractivity contribution in [2.75, 3.05) is 49.0 Å². The number of anilines is 2. The van der Waals surface area contributed by atoms with Crippen LogP contribution in [0.2, 0.25) is 0 Å². The van der Waals surface area contributed by atoms with Crippen LogP contribution < -0.4 is 9.21 Å². The van der Waals surface area contributed by atoms with Gasteiger partial charge in [-0.25, -0.2) is 8.42 Å². The fourth-order valence-corrected chi connectivity index (χ4v) is 6.17. The molecule has 156 valence electrons. The van der Waals surface area contributed by atoms with Gasteiger partial charge in [-0.05, 0) is 43.1 Å². The van der Waals surface area contributed by atoms with Gasteiger partial charge >= 0.3 is 0 Å². The Morgan fingerprint density at radius 2 is 1.63 bits per heavy atom. The van der Waals surface area contributed by atoms with Gasteiger partial charge < -0.3 is 9.80 Å². The van der Waals surface area contributed by atoms with E-state index < -0.39 is 10.0 Å². The molecule has 2 aliphatic heterocycles. The third-order valence-corrected chi connectivity index (χ3v) is 8.24. The van der Waals surface area contributed by atoms with E-state index in [2.05, 4.69) is 52.3 Å². The molecule has 0 spiro atoms. The highest BCUT2D eigenvalue weighted by molar-refractivity contribution is 7.93. The monoisotopic (exact) mass is 421 g/mol. The normalized spacial score (nSPS) is 18.7. The molecule has 0 radical (unpaired) electrons. The van der Waals surface area contributed by atoms with Crippen molar-refractivity contribution in [2.24, 2.45) is 0 Å². The van der Waals surface area contributed by atoms with Gasteiger partial charge in [0.2, 0.25) is 0 Å². The molecule has 0 aliphatic carbocycles. The summed E-state index contributed by atoms with van der Waals surface area (Å²) in [4.78, 5) is 5.40. The summed E-state index contributed by atoms with van der Waals surface area (Å²) >= 11 is 0. The minimum Gasteiger partial charge on any atom is -0.370 e. The van der Waals surface area contributed by atoms with Gasteiger partial charge in [0.05, 0.1) is 10.6 Å². The van der Waals surface area contributed by atoms with Crippen molar-refractivity contribution < 1.29 is 8.42 Å². The molecule has 2 heterocycles. The quantitative estimate of drug-likeness (QED) is 0.644. The lowest BCUT2D eigenvalue weighted by molar-refractivity contribution is 0.297. The second-order valence-electron chi connectivity index (χ2n) is 8.17. The fourth-order valence-electron chi connectivity index (χ4n) is 4.74. The van der Waals surface area contributed by atoms with E-state index >= 15 is 0 Å². The summed E-state index contributed by atoms with van der Waals surface area (Å²) in [7, 11) is -1.79. The number of nitrogens with zero attached hydrogens (tertiary/aromatic N) is 3. The van der Waals surface area contributed by atoms with E-state index in [-0.39, 0.29) is 0 Å². The first-order valence-electron chi connectivity index (χ1n) is 10.6. The first-order valence-corrected chi connectivity index (χ1v) is 12.1.